The SMILES string of the molecule is CC(O)CN1CCN(C(=O)Cc2n[nH]c(=O)c3ccccc23)CC1. The van der Waals surface area contributed by atoms with E-state index in [4.69, 9.17) is 0 Å². The van der Waals surface area contributed by atoms with E-state index >= 15 is 0 Å². The normalized spacial score (nSPS) is 17.2. The number of aromatic amines is 1. The minimum absolute atomic E-state index is 0.0106. The van der Waals surface area contributed by atoms with Gasteiger partial charge in [-0.15, -0.1) is 0 Å². The summed E-state index contributed by atoms with van der Waals surface area (Å²) in [6.07, 6.45) is -0.183. The summed E-state index contributed by atoms with van der Waals surface area (Å²) in [5.41, 5.74) is 0.357. The lowest BCUT2D eigenvalue weighted by Gasteiger charge is -2.35. The zero-order chi connectivity index (χ0) is 17.1. The van der Waals surface area contributed by atoms with Crippen molar-refractivity contribution in [3.05, 3.63) is 40.3 Å². The van der Waals surface area contributed by atoms with Gasteiger partial charge in [-0.2, -0.15) is 5.10 Å². The summed E-state index contributed by atoms with van der Waals surface area (Å²) in [5.74, 6) is 0.0106. The fraction of sp³-hybridized carbons (Fsp3) is 0.471. The molecule has 0 saturated carbocycles. The van der Waals surface area contributed by atoms with Gasteiger partial charge in [0.2, 0.25) is 5.91 Å². The third-order valence-electron chi connectivity index (χ3n) is 4.34. The van der Waals surface area contributed by atoms with Gasteiger partial charge in [-0.1, -0.05) is 18.2 Å². The maximum absolute atomic E-state index is 12.6. The van der Waals surface area contributed by atoms with Crippen molar-refractivity contribution >= 4 is 16.7 Å². The number of carbonyl (C=O) groups excluding carboxylic acids is 1. The fourth-order valence-electron chi connectivity index (χ4n) is 3.11. The number of nitrogens with one attached hydrogen (secondary N) is 1. The lowest BCUT2D eigenvalue weighted by molar-refractivity contribution is -0.132. The second kappa shape index (κ2) is 7.11. The Morgan fingerprint density at radius 3 is 2.58 bits per heavy atom. The Balaban J connectivity index is 1.68. The van der Waals surface area contributed by atoms with E-state index in [1.54, 1.807) is 19.1 Å². The summed E-state index contributed by atoms with van der Waals surface area (Å²) < 4.78 is 0. The molecule has 1 amide bonds. The molecule has 1 aromatic carbocycles. The summed E-state index contributed by atoms with van der Waals surface area (Å²) in [4.78, 5) is 28.3. The van der Waals surface area contributed by atoms with Crippen molar-refractivity contribution in [1.82, 2.24) is 20.0 Å². The molecule has 2 N–H and O–H groups in total. The summed E-state index contributed by atoms with van der Waals surface area (Å²) in [5, 5.41) is 17.2. The van der Waals surface area contributed by atoms with Crippen molar-refractivity contribution in [3.63, 3.8) is 0 Å². The molecule has 2 heterocycles. The molecule has 2 aromatic rings. The number of H-pyrrole nitrogens is 1. The Hall–Kier alpha value is -2.25. The van der Waals surface area contributed by atoms with Gasteiger partial charge in [-0.05, 0) is 13.0 Å². The molecule has 1 unspecified atom stereocenters. The predicted molar refractivity (Wildman–Crippen MR) is 90.8 cm³/mol. The molecule has 1 aliphatic rings. The average molecular weight is 330 g/mol. The van der Waals surface area contributed by atoms with E-state index in [0.29, 0.717) is 30.7 Å². The molecule has 7 heteroatoms. The highest BCUT2D eigenvalue weighted by Crippen LogP contribution is 2.14. The van der Waals surface area contributed by atoms with Crippen molar-refractivity contribution < 1.29 is 9.90 Å². The van der Waals surface area contributed by atoms with Crippen LogP contribution in [0.3, 0.4) is 0 Å². The zero-order valence-electron chi connectivity index (χ0n) is 13.7. The van der Waals surface area contributed by atoms with E-state index in [-0.39, 0.29) is 24.0 Å². The maximum Gasteiger partial charge on any atom is 0.272 e. The van der Waals surface area contributed by atoms with E-state index in [0.717, 1.165) is 18.5 Å². The highest BCUT2D eigenvalue weighted by molar-refractivity contribution is 5.88. The summed E-state index contributed by atoms with van der Waals surface area (Å²) >= 11 is 0. The molecule has 7 nitrogen and oxygen atoms in total. The van der Waals surface area contributed by atoms with E-state index < -0.39 is 0 Å². The molecule has 0 spiro atoms. The molecular formula is C17H22N4O3. The van der Waals surface area contributed by atoms with E-state index in [1.165, 1.54) is 0 Å². The van der Waals surface area contributed by atoms with Crippen LogP contribution in [0.1, 0.15) is 12.6 Å². The maximum atomic E-state index is 12.6. The number of piperazine rings is 1. The molecule has 24 heavy (non-hydrogen) atoms. The smallest absolute Gasteiger partial charge is 0.272 e. The molecular weight excluding hydrogens is 308 g/mol. The first-order valence-electron chi connectivity index (χ1n) is 8.19. The molecule has 0 radical (unpaired) electrons. The van der Waals surface area contributed by atoms with Crippen LogP contribution < -0.4 is 5.56 Å². The number of rotatable bonds is 4. The zero-order valence-corrected chi connectivity index (χ0v) is 13.7. The first-order chi connectivity index (χ1) is 11.5. The number of amides is 1. The van der Waals surface area contributed by atoms with Gasteiger partial charge < -0.3 is 10.0 Å². The van der Waals surface area contributed by atoms with Gasteiger partial charge in [0.1, 0.15) is 0 Å². The standard InChI is InChI=1S/C17H22N4O3/c1-12(22)11-20-6-8-21(9-7-20)16(23)10-15-13-4-2-3-5-14(13)17(24)19-18-15/h2-5,12,22H,6-11H2,1H3,(H,19,24). The number of hydrogen-bond donors (Lipinski definition) is 2. The van der Waals surface area contributed by atoms with Crippen molar-refractivity contribution in [2.24, 2.45) is 0 Å². The third-order valence-corrected chi connectivity index (χ3v) is 4.34. The summed E-state index contributed by atoms with van der Waals surface area (Å²) in [6, 6.07) is 7.19. The number of benzene rings is 1. The molecule has 3 rings (SSSR count). The number of β-amino-alcohol motifs (C(OH)–C–C–N with tert-alkyl or cyclic N) is 1. The lowest BCUT2D eigenvalue weighted by Crippen LogP contribution is -2.50. The minimum atomic E-state index is -0.357. The number of fused-ring (bicyclic) bond motifs is 1. The minimum Gasteiger partial charge on any atom is -0.392 e. The van der Waals surface area contributed by atoms with Gasteiger partial charge in [-0.25, -0.2) is 5.10 Å². The van der Waals surface area contributed by atoms with Crippen LogP contribution in [-0.2, 0) is 11.2 Å². The monoisotopic (exact) mass is 330 g/mol. The molecule has 1 saturated heterocycles. The molecule has 1 atom stereocenters. The highest BCUT2D eigenvalue weighted by atomic mass is 16.3. The van der Waals surface area contributed by atoms with Crippen LogP contribution in [0.2, 0.25) is 0 Å². The van der Waals surface area contributed by atoms with Crippen LogP contribution in [0.15, 0.2) is 29.1 Å². The van der Waals surface area contributed by atoms with Crippen molar-refractivity contribution in [2.45, 2.75) is 19.4 Å². The van der Waals surface area contributed by atoms with E-state index in [2.05, 4.69) is 15.1 Å². The molecule has 0 aliphatic carbocycles. The third kappa shape index (κ3) is 3.63. The van der Waals surface area contributed by atoms with Gasteiger partial charge in [0, 0.05) is 38.1 Å². The number of hydrogen-bond acceptors (Lipinski definition) is 5. The summed E-state index contributed by atoms with van der Waals surface area (Å²) in [6.45, 7) is 5.21. The lowest BCUT2D eigenvalue weighted by atomic mass is 10.1. The van der Waals surface area contributed by atoms with Crippen LogP contribution in [0.5, 0.6) is 0 Å². The topological polar surface area (TPSA) is 89.5 Å². The largest absolute Gasteiger partial charge is 0.392 e. The number of carbonyl (C=O) groups is 1. The second-order valence-electron chi connectivity index (χ2n) is 6.25. The fourth-order valence-corrected chi connectivity index (χ4v) is 3.11. The number of aromatic nitrogens is 2. The van der Waals surface area contributed by atoms with Crippen molar-refractivity contribution in [1.29, 1.82) is 0 Å². The molecule has 1 aromatic heterocycles. The Bertz CT molecular complexity index is 779. The van der Waals surface area contributed by atoms with Gasteiger partial charge in [0.25, 0.3) is 5.56 Å². The Labute approximate surface area is 139 Å². The first kappa shape index (κ1) is 16.6. The van der Waals surface area contributed by atoms with Gasteiger partial charge in [0.15, 0.2) is 0 Å². The average Bonchev–Trinajstić information content (AvgIpc) is 2.58. The van der Waals surface area contributed by atoms with Crippen LogP contribution in [0, 0.1) is 0 Å². The van der Waals surface area contributed by atoms with Gasteiger partial charge >= 0.3 is 0 Å². The van der Waals surface area contributed by atoms with Crippen LogP contribution in [-0.4, -0.2) is 69.8 Å². The van der Waals surface area contributed by atoms with Gasteiger partial charge in [0.05, 0.1) is 23.6 Å². The molecule has 1 fully saturated rings. The van der Waals surface area contributed by atoms with Crippen LogP contribution in [0.4, 0.5) is 0 Å². The Morgan fingerprint density at radius 2 is 1.92 bits per heavy atom. The summed E-state index contributed by atoms with van der Waals surface area (Å²) in [7, 11) is 0. The number of aliphatic hydroxyl groups is 1. The second-order valence-corrected chi connectivity index (χ2v) is 6.25. The Kier molecular flexibility index (Phi) is 4.92. The first-order valence-corrected chi connectivity index (χ1v) is 8.19. The van der Waals surface area contributed by atoms with E-state index in [9.17, 15) is 14.7 Å². The molecule has 1 aliphatic heterocycles. The van der Waals surface area contributed by atoms with E-state index in [1.807, 2.05) is 17.0 Å². The Morgan fingerprint density at radius 1 is 1.25 bits per heavy atom. The van der Waals surface area contributed by atoms with Crippen LogP contribution in [0.25, 0.3) is 10.8 Å². The predicted octanol–water partition coefficient (Wildman–Crippen LogP) is -0.00940. The van der Waals surface area contributed by atoms with Crippen LogP contribution >= 0.6 is 0 Å². The highest BCUT2D eigenvalue weighted by Gasteiger charge is 2.22. The van der Waals surface area contributed by atoms with Gasteiger partial charge in [-0.3, -0.25) is 14.5 Å². The van der Waals surface area contributed by atoms with Crippen molar-refractivity contribution in [2.75, 3.05) is 32.7 Å². The molecule has 128 valence electrons. The quantitative estimate of drug-likeness (QED) is 0.823. The molecule has 0 bridgehead atoms. The number of aliphatic hydroxyl groups excluding tert-OH is 1. The van der Waals surface area contributed by atoms with Crippen molar-refractivity contribution in [3.8, 4) is 0 Å². The number of nitrogens with zero attached hydrogens (tertiary/aromatic N) is 3.